The Kier molecular flexibility index (Phi) is 6.41. The Morgan fingerprint density at radius 1 is 1.39 bits per heavy atom. The van der Waals surface area contributed by atoms with Crippen molar-refractivity contribution >= 4 is 23.5 Å². The average Bonchev–Trinajstić information content (AvgIpc) is 3.16. The summed E-state index contributed by atoms with van der Waals surface area (Å²) in [5.74, 6) is 0.786. The molecule has 9 nitrogen and oxygen atoms in total. The molecule has 0 spiro atoms. The van der Waals surface area contributed by atoms with Crippen LogP contribution < -0.4 is 11.1 Å². The minimum absolute atomic E-state index is 0.0989. The zero-order valence-corrected chi connectivity index (χ0v) is 16.5. The summed E-state index contributed by atoms with van der Waals surface area (Å²) >= 11 is 0. The molecule has 1 unspecified atom stereocenters. The number of carbonyl (C=O) groups excluding carboxylic acids is 1. The van der Waals surface area contributed by atoms with Crippen molar-refractivity contribution in [3.63, 3.8) is 0 Å². The molecule has 1 saturated heterocycles. The molecule has 1 aromatic heterocycles. The van der Waals surface area contributed by atoms with Crippen molar-refractivity contribution in [2.45, 2.75) is 31.3 Å². The Hall–Kier alpha value is -4.05. The van der Waals surface area contributed by atoms with Crippen LogP contribution in [0.2, 0.25) is 0 Å². The topological polar surface area (TPSA) is 137 Å². The van der Waals surface area contributed by atoms with Gasteiger partial charge in [0.2, 0.25) is 0 Å². The largest absolute Gasteiger partial charge is 0.465 e. The Balaban J connectivity index is 1.94. The lowest BCUT2D eigenvalue weighted by atomic mass is 9.83. The summed E-state index contributed by atoms with van der Waals surface area (Å²) in [6, 6.07) is 6.59. The smallest absolute Gasteiger partial charge is 0.407 e. The van der Waals surface area contributed by atoms with E-state index in [9.17, 15) is 24.3 Å². The maximum absolute atomic E-state index is 13.2. The molecule has 1 aliphatic heterocycles. The van der Waals surface area contributed by atoms with E-state index in [0.29, 0.717) is 24.9 Å². The molecule has 2 heterocycles. The van der Waals surface area contributed by atoms with Gasteiger partial charge in [-0.25, -0.2) is 9.18 Å². The Morgan fingerprint density at radius 3 is 2.68 bits per heavy atom. The lowest BCUT2D eigenvalue weighted by molar-refractivity contribution is 0.0638. The highest BCUT2D eigenvalue weighted by molar-refractivity contribution is 5.98. The number of aromatic nitrogens is 2. The summed E-state index contributed by atoms with van der Waals surface area (Å²) in [5, 5.41) is 26.7. The van der Waals surface area contributed by atoms with Gasteiger partial charge in [0.05, 0.1) is 24.1 Å². The van der Waals surface area contributed by atoms with Gasteiger partial charge >= 0.3 is 6.09 Å². The lowest BCUT2D eigenvalue weighted by Crippen LogP contribution is -2.51. The first-order valence-electron chi connectivity index (χ1n) is 9.60. The van der Waals surface area contributed by atoms with Gasteiger partial charge < -0.3 is 21.1 Å². The number of anilines is 2. The number of rotatable bonds is 6. The van der Waals surface area contributed by atoms with Crippen LogP contribution in [0.1, 0.15) is 35.7 Å². The summed E-state index contributed by atoms with van der Waals surface area (Å²) in [4.78, 5) is 24.8. The number of hydrogen-bond acceptors (Lipinski definition) is 5. The summed E-state index contributed by atoms with van der Waals surface area (Å²) in [5.41, 5.74) is 6.09. The molecule has 0 radical (unpaired) electrons. The number of nitrogens with two attached hydrogens (primary N) is 1. The molecule has 1 fully saturated rings. The molecule has 2 amide bonds. The summed E-state index contributed by atoms with van der Waals surface area (Å²) in [6.45, 7) is 0.194. The molecule has 3 rings (SSSR count). The second-order valence-electron chi connectivity index (χ2n) is 7.16. The molecule has 10 heteroatoms. The van der Waals surface area contributed by atoms with Crippen LogP contribution in [0.25, 0.3) is 0 Å². The molecule has 2 aromatic rings. The van der Waals surface area contributed by atoms with Crippen LogP contribution in [0.15, 0.2) is 30.5 Å². The van der Waals surface area contributed by atoms with Crippen molar-refractivity contribution in [3.8, 4) is 18.4 Å². The SMILES string of the molecule is C#CCCC1[C@@H](C#N)[C@@H](n2cc(C(N)=O)c(Nc3ccc(F)cc3)n2)CCN1C(=O)O. The fourth-order valence-corrected chi connectivity index (χ4v) is 3.84. The summed E-state index contributed by atoms with van der Waals surface area (Å²) < 4.78 is 14.6. The van der Waals surface area contributed by atoms with Gasteiger partial charge in [0.25, 0.3) is 5.91 Å². The molecular formula is C21H21FN6O3. The molecule has 0 saturated carbocycles. The number of nitrogens with zero attached hydrogens (tertiary/aromatic N) is 4. The first-order chi connectivity index (χ1) is 14.8. The molecule has 3 atom stereocenters. The van der Waals surface area contributed by atoms with Crippen LogP contribution in [0.5, 0.6) is 0 Å². The van der Waals surface area contributed by atoms with Crippen LogP contribution in [0.3, 0.4) is 0 Å². The van der Waals surface area contributed by atoms with Crippen molar-refractivity contribution in [1.82, 2.24) is 14.7 Å². The maximum Gasteiger partial charge on any atom is 0.407 e. The molecule has 1 aromatic carbocycles. The van der Waals surface area contributed by atoms with Gasteiger partial charge in [-0.3, -0.25) is 9.48 Å². The van der Waals surface area contributed by atoms with Gasteiger partial charge in [0, 0.05) is 24.8 Å². The predicted molar refractivity (Wildman–Crippen MR) is 110 cm³/mol. The third kappa shape index (κ3) is 4.59. The highest BCUT2D eigenvalue weighted by atomic mass is 19.1. The number of carboxylic acid groups (broad SMARTS) is 1. The van der Waals surface area contributed by atoms with Crippen LogP contribution in [-0.4, -0.2) is 44.4 Å². The van der Waals surface area contributed by atoms with Crippen LogP contribution in [0.4, 0.5) is 20.7 Å². The first kappa shape index (κ1) is 21.7. The van der Waals surface area contributed by atoms with E-state index in [-0.39, 0.29) is 17.9 Å². The minimum Gasteiger partial charge on any atom is -0.465 e. The van der Waals surface area contributed by atoms with E-state index in [1.54, 1.807) is 0 Å². The monoisotopic (exact) mass is 424 g/mol. The summed E-state index contributed by atoms with van der Waals surface area (Å²) in [6.07, 6.45) is 6.65. The van der Waals surface area contributed by atoms with Crippen LogP contribution in [0, 0.1) is 35.4 Å². The van der Waals surface area contributed by atoms with Crippen LogP contribution in [-0.2, 0) is 0 Å². The first-order valence-corrected chi connectivity index (χ1v) is 9.60. The predicted octanol–water partition coefficient (Wildman–Crippen LogP) is 2.71. The fraction of sp³-hybridized carbons (Fsp3) is 0.333. The quantitative estimate of drug-likeness (QED) is 0.610. The van der Waals surface area contributed by atoms with Crippen molar-refractivity contribution in [2.24, 2.45) is 11.7 Å². The number of benzene rings is 1. The third-order valence-corrected chi connectivity index (χ3v) is 5.32. The molecule has 0 aliphatic carbocycles. The fourth-order valence-electron chi connectivity index (χ4n) is 3.84. The van der Waals surface area contributed by atoms with E-state index in [0.717, 1.165) is 0 Å². The van der Waals surface area contributed by atoms with E-state index < -0.39 is 35.8 Å². The van der Waals surface area contributed by atoms with E-state index in [2.05, 4.69) is 22.4 Å². The number of terminal acetylenes is 1. The highest BCUT2D eigenvalue weighted by Gasteiger charge is 2.41. The molecule has 0 bridgehead atoms. The number of hydrogen-bond donors (Lipinski definition) is 3. The molecule has 1 aliphatic rings. The van der Waals surface area contributed by atoms with Crippen molar-refractivity contribution in [1.29, 1.82) is 5.26 Å². The second kappa shape index (κ2) is 9.18. The average molecular weight is 424 g/mol. The second-order valence-corrected chi connectivity index (χ2v) is 7.16. The maximum atomic E-state index is 13.2. The number of likely N-dealkylation sites (tertiary alicyclic amines) is 1. The van der Waals surface area contributed by atoms with Gasteiger partial charge in [0.1, 0.15) is 11.4 Å². The van der Waals surface area contributed by atoms with E-state index in [1.807, 2.05) is 0 Å². The zero-order chi connectivity index (χ0) is 22.5. The Morgan fingerprint density at radius 2 is 2.10 bits per heavy atom. The van der Waals surface area contributed by atoms with Crippen molar-refractivity contribution in [2.75, 3.05) is 11.9 Å². The normalized spacial score (nSPS) is 20.5. The highest BCUT2D eigenvalue weighted by Crippen LogP contribution is 2.36. The zero-order valence-electron chi connectivity index (χ0n) is 16.5. The lowest BCUT2D eigenvalue weighted by Gasteiger charge is -2.41. The van der Waals surface area contributed by atoms with Crippen molar-refractivity contribution in [3.05, 3.63) is 41.8 Å². The third-order valence-electron chi connectivity index (χ3n) is 5.32. The van der Waals surface area contributed by atoms with E-state index >= 15 is 0 Å². The van der Waals surface area contributed by atoms with Gasteiger partial charge in [-0.05, 0) is 37.1 Å². The number of halogens is 1. The number of nitrogens with one attached hydrogen (secondary N) is 1. The number of piperidine rings is 1. The molecule has 31 heavy (non-hydrogen) atoms. The standard InChI is InChI=1S/C21H21FN6O3/c1-2-3-4-17-15(11-23)18(9-10-27(17)21(30)31)28-12-16(19(24)29)20(26-28)25-14-7-5-13(22)6-8-14/h1,5-8,12,15,17-18H,3-4,9-10H2,(H2,24,29)(H,25,26)(H,30,31)/t15-,17?,18+/m1/s1. The van der Waals surface area contributed by atoms with Crippen molar-refractivity contribution < 1.29 is 19.1 Å². The van der Waals surface area contributed by atoms with Gasteiger partial charge in [-0.1, -0.05) is 0 Å². The number of amides is 2. The summed E-state index contributed by atoms with van der Waals surface area (Å²) in [7, 11) is 0. The Labute approximate surface area is 178 Å². The number of nitriles is 1. The van der Waals surface area contributed by atoms with E-state index in [4.69, 9.17) is 12.2 Å². The van der Waals surface area contributed by atoms with Crippen LogP contribution >= 0.6 is 0 Å². The van der Waals surface area contributed by atoms with Gasteiger partial charge in [0.15, 0.2) is 5.82 Å². The molecule has 160 valence electrons. The number of carbonyl (C=O) groups is 2. The molecule has 4 N–H and O–H groups in total. The van der Waals surface area contributed by atoms with Gasteiger partial charge in [-0.15, -0.1) is 12.3 Å². The minimum atomic E-state index is -1.11. The molecular weight excluding hydrogens is 403 g/mol. The number of primary amides is 1. The van der Waals surface area contributed by atoms with E-state index in [1.165, 1.54) is 40.0 Å². The Bertz CT molecular complexity index is 1050. The van der Waals surface area contributed by atoms with Gasteiger partial charge in [-0.2, -0.15) is 10.4 Å².